The molecule has 0 aliphatic carbocycles. The number of amides is 1. The molecule has 0 saturated carbocycles. The molecule has 1 aromatic heterocycles. The van der Waals surface area contributed by atoms with E-state index >= 15 is 0 Å². The van der Waals surface area contributed by atoms with E-state index in [0.717, 1.165) is 11.1 Å². The maximum absolute atomic E-state index is 12.0. The van der Waals surface area contributed by atoms with Crippen LogP contribution in [-0.4, -0.2) is 24.6 Å². The first-order valence-electron chi connectivity index (χ1n) is 8.88. The Kier molecular flexibility index (Phi) is 6.84. The minimum absolute atomic E-state index is 0.0343. The van der Waals surface area contributed by atoms with Gasteiger partial charge in [0.25, 0.3) is 5.91 Å². The molecule has 0 spiro atoms. The molecule has 3 rings (SSSR count). The molecule has 0 radical (unpaired) electrons. The number of nitrogens with one attached hydrogen (secondary N) is 1. The maximum atomic E-state index is 12.0. The SMILES string of the molecule is COc1cc(CNC(=O)COc2ccccc2)ccc1OCc1cccnc1. The second-order valence-corrected chi connectivity index (χ2v) is 6.01. The van der Waals surface area contributed by atoms with Crippen molar-refractivity contribution in [2.45, 2.75) is 13.2 Å². The quantitative estimate of drug-likeness (QED) is 0.618. The van der Waals surface area contributed by atoms with Gasteiger partial charge < -0.3 is 19.5 Å². The monoisotopic (exact) mass is 378 g/mol. The number of methoxy groups -OCH3 is 1. The predicted octanol–water partition coefficient (Wildman–Crippen LogP) is 3.36. The van der Waals surface area contributed by atoms with E-state index in [1.165, 1.54) is 0 Å². The van der Waals surface area contributed by atoms with Crippen LogP contribution in [0.1, 0.15) is 11.1 Å². The lowest BCUT2D eigenvalue weighted by molar-refractivity contribution is -0.123. The van der Waals surface area contributed by atoms with Gasteiger partial charge in [0.2, 0.25) is 0 Å². The second-order valence-electron chi connectivity index (χ2n) is 6.01. The summed E-state index contributed by atoms with van der Waals surface area (Å²) in [5, 5.41) is 2.83. The van der Waals surface area contributed by atoms with E-state index in [1.54, 1.807) is 19.5 Å². The van der Waals surface area contributed by atoms with Crippen molar-refractivity contribution in [1.29, 1.82) is 0 Å². The highest BCUT2D eigenvalue weighted by Gasteiger charge is 2.08. The first-order chi connectivity index (χ1) is 13.7. The van der Waals surface area contributed by atoms with Crippen molar-refractivity contribution < 1.29 is 19.0 Å². The highest BCUT2D eigenvalue weighted by molar-refractivity contribution is 5.77. The Labute approximate surface area is 164 Å². The molecule has 6 nitrogen and oxygen atoms in total. The summed E-state index contributed by atoms with van der Waals surface area (Å²) in [5.74, 6) is 1.71. The van der Waals surface area contributed by atoms with Gasteiger partial charge in [-0.2, -0.15) is 0 Å². The molecule has 0 saturated heterocycles. The van der Waals surface area contributed by atoms with Crippen molar-refractivity contribution in [2.24, 2.45) is 0 Å². The lowest BCUT2D eigenvalue weighted by Crippen LogP contribution is -2.28. The molecule has 0 fully saturated rings. The highest BCUT2D eigenvalue weighted by Crippen LogP contribution is 2.28. The van der Waals surface area contributed by atoms with Crippen molar-refractivity contribution in [3.05, 3.63) is 84.2 Å². The van der Waals surface area contributed by atoms with Gasteiger partial charge in [-0.1, -0.05) is 30.3 Å². The standard InChI is InChI=1S/C22H22N2O4/c1-26-21-12-17(9-10-20(21)28-15-18-6-5-11-23-13-18)14-24-22(25)16-27-19-7-3-2-4-8-19/h2-13H,14-16H2,1H3,(H,24,25). The van der Waals surface area contributed by atoms with Crippen LogP contribution in [0.5, 0.6) is 17.2 Å². The number of carbonyl (C=O) groups excluding carboxylic acids is 1. The summed E-state index contributed by atoms with van der Waals surface area (Å²) < 4.78 is 16.7. The lowest BCUT2D eigenvalue weighted by Gasteiger charge is -2.13. The molecular formula is C22H22N2O4. The molecule has 0 aliphatic heterocycles. The number of rotatable bonds is 9. The largest absolute Gasteiger partial charge is 0.493 e. The number of carbonyl (C=O) groups is 1. The zero-order valence-electron chi connectivity index (χ0n) is 15.6. The fourth-order valence-electron chi connectivity index (χ4n) is 2.50. The summed E-state index contributed by atoms with van der Waals surface area (Å²) >= 11 is 0. The summed E-state index contributed by atoms with van der Waals surface area (Å²) in [6.07, 6.45) is 3.48. The van der Waals surface area contributed by atoms with Gasteiger partial charge in [-0.3, -0.25) is 9.78 Å². The molecular weight excluding hydrogens is 356 g/mol. The third kappa shape index (κ3) is 5.74. The Bertz CT molecular complexity index is 886. The van der Waals surface area contributed by atoms with Gasteiger partial charge in [-0.25, -0.2) is 0 Å². The molecule has 0 aliphatic rings. The van der Waals surface area contributed by atoms with Crippen LogP contribution in [0.15, 0.2) is 73.1 Å². The number of aromatic nitrogens is 1. The van der Waals surface area contributed by atoms with Gasteiger partial charge >= 0.3 is 0 Å². The average molecular weight is 378 g/mol. The zero-order valence-corrected chi connectivity index (χ0v) is 15.6. The smallest absolute Gasteiger partial charge is 0.258 e. The van der Waals surface area contributed by atoms with Crippen LogP contribution in [-0.2, 0) is 17.9 Å². The summed E-state index contributed by atoms with van der Waals surface area (Å²) in [6.45, 7) is 0.737. The Hall–Kier alpha value is -3.54. The third-order valence-corrected chi connectivity index (χ3v) is 3.95. The summed E-state index contributed by atoms with van der Waals surface area (Å²) in [5.41, 5.74) is 1.87. The third-order valence-electron chi connectivity index (χ3n) is 3.95. The lowest BCUT2D eigenvalue weighted by atomic mass is 10.2. The molecule has 28 heavy (non-hydrogen) atoms. The van der Waals surface area contributed by atoms with Gasteiger partial charge in [-0.15, -0.1) is 0 Å². The molecule has 144 valence electrons. The Morgan fingerprint density at radius 1 is 0.964 bits per heavy atom. The summed E-state index contributed by atoms with van der Waals surface area (Å²) in [4.78, 5) is 16.0. The van der Waals surface area contributed by atoms with E-state index < -0.39 is 0 Å². The maximum Gasteiger partial charge on any atom is 0.258 e. The Morgan fingerprint density at radius 3 is 2.57 bits per heavy atom. The first kappa shape index (κ1) is 19.2. The topological polar surface area (TPSA) is 69.7 Å². The van der Waals surface area contributed by atoms with Gasteiger partial charge in [0.05, 0.1) is 7.11 Å². The van der Waals surface area contributed by atoms with Crippen LogP contribution < -0.4 is 19.5 Å². The molecule has 0 bridgehead atoms. The number of hydrogen-bond acceptors (Lipinski definition) is 5. The fourth-order valence-corrected chi connectivity index (χ4v) is 2.50. The number of nitrogens with zero attached hydrogens (tertiary/aromatic N) is 1. The molecule has 0 unspecified atom stereocenters. The molecule has 1 heterocycles. The van der Waals surface area contributed by atoms with Gasteiger partial charge in [0, 0.05) is 24.5 Å². The second kappa shape index (κ2) is 9.97. The van der Waals surface area contributed by atoms with Crippen LogP contribution in [0.4, 0.5) is 0 Å². The van der Waals surface area contributed by atoms with Gasteiger partial charge in [0.15, 0.2) is 18.1 Å². The highest BCUT2D eigenvalue weighted by atomic mass is 16.5. The molecule has 2 aromatic carbocycles. The van der Waals surface area contributed by atoms with E-state index in [-0.39, 0.29) is 12.5 Å². The molecule has 6 heteroatoms. The minimum Gasteiger partial charge on any atom is -0.493 e. The van der Waals surface area contributed by atoms with Crippen LogP contribution in [0, 0.1) is 0 Å². The first-order valence-corrected chi connectivity index (χ1v) is 8.88. The molecule has 3 aromatic rings. The van der Waals surface area contributed by atoms with Crippen molar-refractivity contribution in [3.8, 4) is 17.2 Å². The van der Waals surface area contributed by atoms with E-state index in [9.17, 15) is 4.79 Å². The summed E-state index contributed by atoms with van der Waals surface area (Å²) in [6, 6.07) is 18.6. The summed E-state index contributed by atoms with van der Waals surface area (Å²) in [7, 11) is 1.59. The number of para-hydroxylation sites is 1. The molecule has 1 amide bonds. The van der Waals surface area contributed by atoms with Crippen LogP contribution in [0.25, 0.3) is 0 Å². The molecule has 1 N–H and O–H groups in total. The molecule has 0 atom stereocenters. The van der Waals surface area contributed by atoms with E-state index in [1.807, 2.05) is 60.7 Å². The normalized spacial score (nSPS) is 10.2. The van der Waals surface area contributed by atoms with Crippen molar-refractivity contribution >= 4 is 5.91 Å². The van der Waals surface area contributed by atoms with Gasteiger partial charge in [0.1, 0.15) is 12.4 Å². The van der Waals surface area contributed by atoms with Gasteiger partial charge in [-0.05, 0) is 35.9 Å². The van der Waals surface area contributed by atoms with Crippen molar-refractivity contribution in [2.75, 3.05) is 13.7 Å². The van der Waals surface area contributed by atoms with E-state index in [0.29, 0.717) is 30.4 Å². The minimum atomic E-state index is -0.195. The zero-order chi connectivity index (χ0) is 19.6. The number of hydrogen-bond donors (Lipinski definition) is 1. The van der Waals surface area contributed by atoms with Crippen LogP contribution >= 0.6 is 0 Å². The Balaban J connectivity index is 1.50. The van der Waals surface area contributed by atoms with Crippen LogP contribution in [0.3, 0.4) is 0 Å². The van der Waals surface area contributed by atoms with Crippen molar-refractivity contribution in [3.63, 3.8) is 0 Å². The number of ether oxygens (including phenoxy) is 3. The van der Waals surface area contributed by atoms with E-state index in [2.05, 4.69) is 10.3 Å². The number of pyridine rings is 1. The average Bonchev–Trinajstić information content (AvgIpc) is 2.76. The predicted molar refractivity (Wildman–Crippen MR) is 105 cm³/mol. The number of benzene rings is 2. The van der Waals surface area contributed by atoms with Crippen LogP contribution in [0.2, 0.25) is 0 Å². The van der Waals surface area contributed by atoms with E-state index in [4.69, 9.17) is 14.2 Å². The Morgan fingerprint density at radius 2 is 1.82 bits per heavy atom. The fraction of sp³-hybridized carbons (Fsp3) is 0.182. The van der Waals surface area contributed by atoms with Crippen molar-refractivity contribution in [1.82, 2.24) is 10.3 Å².